The average Bonchev–Trinajstić information content (AvgIpc) is 2.80. The second kappa shape index (κ2) is 7.79. The second-order valence-electron chi connectivity index (χ2n) is 15.1. The molecule has 5 heteroatoms. The second-order valence-corrected chi connectivity index (χ2v) is 15.1. The molecular formula is C30H50O5. The molecule has 11 unspecified atom stereocenters. The predicted molar refractivity (Wildman–Crippen MR) is 136 cm³/mol. The van der Waals surface area contributed by atoms with Crippen LogP contribution in [0.25, 0.3) is 0 Å². The highest BCUT2D eigenvalue weighted by Crippen LogP contribution is 2.75. The van der Waals surface area contributed by atoms with E-state index in [9.17, 15) is 25.5 Å². The molecule has 0 amide bonds. The van der Waals surface area contributed by atoms with Gasteiger partial charge in [0.15, 0.2) is 0 Å². The number of rotatable bonds is 2. The van der Waals surface area contributed by atoms with Crippen molar-refractivity contribution in [2.75, 3.05) is 13.2 Å². The van der Waals surface area contributed by atoms with Crippen molar-refractivity contribution in [3.63, 3.8) is 0 Å². The van der Waals surface area contributed by atoms with E-state index in [4.69, 9.17) is 0 Å². The van der Waals surface area contributed by atoms with Crippen LogP contribution in [0.4, 0.5) is 0 Å². The Morgan fingerprint density at radius 1 is 0.800 bits per heavy atom. The maximum absolute atomic E-state index is 11.7. The van der Waals surface area contributed by atoms with Gasteiger partial charge in [-0.05, 0) is 84.9 Å². The van der Waals surface area contributed by atoms with Gasteiger partial charge in [-0.1, -0.05) is 53.2 Å². The van der Waals surface area contributed by atoms with Crippen LogP contribution in [0, 0.1) is 50.2 Å². The van der Waals surface area contributed by atoms with Crippen LogP contribution in [-0.2, 0) is 0 Å². The van der Waals surface area contributed by atoms with Crippen LogP contribution < -0.4 is 0 Å². The van der Waals surface area contributed by atoms with Crippen LogP contribution in [0.3, 0.4) is 0 Å². The SMILES string of the molecule is CC1(C)CCC2(CO)CCC3(C)C(=CCC4C5(C)CC(O)C(O)C(C)(CO)C5CCC43C)C2C1O. The first kappa shape index (κ1) is 26.2. The molecule has 0 radical (unpaired) electrons. The van der Waals surface area contributed by atoms with E-state index >= 15 is 0 Å². The minimum absolute atomic E-state index is 0.0103. The lowest BCUT2D eigenvalue weighted by atomic mass is 9.33. The van der Waals surface area contributed by atoms with Crippen molar-refractivity contribution in [3.8, 4) is 0 Å². The molecule has 5 rings (SSSR count). The van der Waals surface area contributed by atoms with Crippen LogP contribution >= 0.6 is 0 Å². The average molecular weight is 491 g/mol. The first-order valence-corrected chi connectivity index (χ1v) is 14.1. The van der Waals surface area contributed by atoms with Crippen LogP contribution in [0.15, 0.2) is 11.6 Å². The Labute approximate surface area is 212 Å². The number of hydrogen-bond donors (Lipinski definition) is 5. The van der Waals surface area contributed by atoms with Crippen LogP contribution in [0.2, 0.25) is 0 Å². The smallest absolute Gasteiger partial charge is 0.0877 e. The molecule has 5 nitrogen and oxygen atoms in total. The van der Waals surface area contributed by atoms with Gasteiger partial charge < -0.3 is 25.5 Å². The molecule has 11 atom stereocenters. The number of hydrogen-bond acceptors (Lipinski definition) is 5. The molecule has 200 valence electrons. The first-order chi connectivity index (χ1) is 16.2. The van der Waals surface area contributed by atoms with Gasteiger partial charge in [0.1, 0.15) is 0 Å². The molecule has 0 saturated heterocycles. The molecule has 4 fully saturated rings. The Kier molecular flexibility index (Phi) is 5.82. The van der Waals surface area contributed by atoms with Crippen molar-refractivity contribution in [1.82, 2.24) is 0 Å². The van der Waals surface area contributed by atoms with E-state index < -0.39 is 23.7 Å². The Hall–Kier alpha value is -0.460. The van der Waals surface area contributed by atoms with Gasteiger partial charge in [-0.3, -0.25) is 0 Å². The molecule has 0 aromatic rings. The minimum Gasteiger partial charge on any atom is -0.396 e. The zero-order valence-corrected chi connectivity index (χ0v) is 22.8. The summed E-state index contributed by atoms with van der Waals surface area (Å²) in [6.07, 6.45) is 7.48. The maximum atomic E-state index is 11.7. The molecule has 4 saturated carbocycles. The summed E-state index contributed by atoms with van der Waals surface area (Å²) in [5.41, 5.74) is -0.0192. The Morgan fingerprint density at radius 3 is 2.09 bits per heavy atom. The van der Waals surface area contributed by atoms with Crippen LogP contribution in [-0.4, -0.2) is 57.1 Å². The van der Waals surface area contributed by atoms with E-state index in [1.54, 1.807) is 0 Å². The summed E-state index contributed by atoms with van der Waals surface area (Å²) in [5.74, 6) is 0.458. The van der Waals surface area contributed by atoms with Gasteiger partial charge in [-0.25, -0.2) is 0 Å². The molecule has 5 aliphatic carbocycles. The standard InChI is InChI=1S/C30H50O5/c1-25(2)11-13-30(17-32)14-12-28(5)18(22(30)24(25)35)7-8-21-26(3)15-19(33)23(34)27(4,16-31)20(26)9-10-29(21,28)6/h7,19-24,31-35H,8-17H2,1-6H3. The first-order valence-electron chi connectivity index (χ1n) is 14.1. The van der Waals surface area contributed by atoms with E-state index in [2.05, 4.69) is 40.7 Å². The van der Waals surface area contributed by atoms with Crippen molar-refractivity contribution in [1.29, 1.82) is 0 Å². The van der Waals surface area contributed by atoms with Crippen LogP contribution in [0.1, 0.15) is 92.9 Å². The van der Waals surface area contributed by atoms with Crippen molar-refractivity contribution in [3.05, 3.63) is 11.6 Å². The van der Waals surface area contributed by atoms with Gasteiger partial charge in [0.2, 0.25) is 0 Å². The highest BCUT2D eigenvalue weighted by molar-refractivity contribution is 5.35. The highest BCUT2D eigenvalue weighted by atomic mass is 16.3. The molecule has 0 aromatic heterocycles. The van der Waals surface area contributed by atoms with Gasteiger partial charge in [-0.15, -0.1) is 0 Å². The summed E-state index contributed by atoms with van der Waals surface area (Å²) in [6.45, 7) is 13.5. The third-order valence-corrected chi connectivity index (χ3v) is 13.4. The Bertz CT molecular complexity index is 899. The topological polar surface area (TPSA) is 101 Å². The molecule has 5 N–H and O–H groups in total. The van der Waals surface area contributed by atoms with Gasteiger partial charge in [-0.2, -0.15) is 0 Å². The van der Waals surface area contributed by atoms with Gasteiger partial charge in [0.25, 0.3) is 0 Å². The minimum atomic E-state index is -0.903. The van der Waals surface area contributed by atoms with Gasteiger partial charge >= 0.3 is 0 Å². The quantitative estimate of drug-likeness (QED) is 0.376. The monoisotopic (exact) mass is 490 g/mol. The van der Waals surface area contributed by atoms with Crippen LogP contribution in [0.5, 0.6) is 0 Å². The largest absolute Gasteiger partial charge is 0.396 e. The molecular weight excluding hydrogens is 440 g/mol. The van der Waals surface area contributed by atoms with Crippen molar-refractivity contribution < 1.29 is 25.5 Å². The van der Waals surface area contributed by atoms with E-state index in [1.807, 2.05) is 6.92 Å². The lowest BCUT2D eigenvalue weighted by Crippen LogP contribution is -2.68. The number of fused-ring (bicyclic) bond motifs is 7. The molecule has 0 aromatic carbocycles. The molecule has 35 heavy (non-hydrogen) atoms. The summed E-state index contributed by atoms with van der Waals surface area (Å²) >= 11 is 0. The highest BCUT2D eigenvalue weighted by Gasteiger charge is 2.70. The fraction of sp³-hybridized carbons (Fsp3) is 0.933. The molecule has 0 bridgehead atoms. The summed E-state index contributed by atoms with van der Waals surface area (Å²) in [4.78, 5) is 0. The summed E-state index contributed by atoms with van der Waals surface area (Å²) < 4.78 is 0. The zero-order valence-electron chi connectivity index (χ0n) is 22.8. The normalized spacial score (nSPS) is 57.3. The number of allylic oxidation sites excluding steroid dienone is 1. The summed E-state index contributed by atoms with van der Waals surface area (Å²) in [6, 6.07) is 0. The fourth-order valence-electron chi connectivity index (χ4n) is 10.8. The van der Waals surface area contributed by atoms with E-state index in [0.29, 0.717) is 12.3 Å². The summed E-state index contributed by atoms with van der Waals surface area (Å²) in [7, 11) is 0. The lowest BCUT2D eigenvalue weighted by Gasteiger charge is -2.72. The van der Waals surface area contributed by atoms with Crippen molar-refractivity contribution in [2.24, 2.45) is 50.2 Å². The van der Waals surface area contributed by atoms with Gasteiger partial charge in [0, 0.05) is 23.4 Å². The Morgan fingerprint density at radius 2 is 1.46 bits per heavy atom. The van der Waals surface area contributed by atoms with E-state index in [0.717, 1.165) is 44.9 Å². The number of aliphatic hydroxyl groups excluding tert-OH is 5. The third-order valence-electron chi connectivity index (χ3n) is 13.4. The number of aliphatic hydroxyl groups is 5. The van der Waals surface area contributed by atoms with Gasteiger partial charge in [0.05, 0.1) is 24.9 Å². The summed E-state index contributed by atoms with van der Waals surface area (Å²) in [5, 5.41) is 54.7. The Balaban J connectivity index is 1.61. The maximum Gasteiger partial charge on any atom is 0.0877 e. The van der Waals surface area contributed by atoms with E-state index in [-0.39, 0.29) is 52.1 Å². The fourth-order valence-corrected chi connectivity index (χ4v) is 10.8. The van der Waals surface area contributed by atoms with Crippen molar-refractivity contribution in [2.45, 2.75) is 111 Å². The molecule has 0 heterocycles. The third kappa shape index (κ3) is 3.05. The van der Waals surface area contributed by atoms with Crippen molar-refractivity contribution >= 4 is 0 Å². The zero-order chi connectivity index (χ0) is 25.8. The molecule has 0 spiro atoms. The lowest BCUT2D eigenvalue weighted by molar-refractivity contribution is -0.246. The molecule has 5 aliphatic rings. The predicted octanol–water partition coefficient (Wildman–Crippen LogP) is 4.06. The van der Waals surface area contributed by atoms with E-state index in [1.165, 1.54) is 5.57 Å². The molecule has 0 aliphatic heterocycles.